The minimum atomic E-state index is 1.26. The maximum Gasteiger partial charge on any atom is 0.00723 e. The maximum atomic E-state index is 2.71. The molecule has 24 heavy (non-hydrogen) atoms. The van der Waals surface area contributed by atoms with Crippen molar-refractivity contribution < 1.29 is 0 Å². The lowest BCUT2D eigenvalue weighted by atomic mass is 10.2. The van der Waals surface area contributed by atoms with Crippen LogP contribution in [-0.2, 0) is 0 Å². The van der Waals surface area contributed by atoms with Crippen LogP contribution in [0.4, 0.5) is 0 Å². The molecule has 0 radical (unpaired) electrons. The summed E-state index contributed by atoms with van der Waals surface area (Å²) in [6.07, 6.45) is 10.7. The molecule has 6 heteroatoms. The lowest BCUT2D eigenvalue weighted by molar-refractivity contribution is 0.194. The van der Waals surface area contributed by atoms with Crippen LogP contribution in [0.5, 0.6) is 0 Å². The van der Waals surface area contributed by atoms with Crippen LogP contribution < -0.4 is 0 Å². The van der Waals surface area contributed by atoms with Crippen molar-refractivity contribution in [3.8, 4) is 0 Å². The normalized spacial score (nSPS) is 20.6. The largest absolute Gasteiger partial charge is 0.302 e. The van der Waals surface area contributed by atoms with Crippen molar-refractivity contribution >= 4 is 35.3 Å². The molecular formula is C18H39N3S3. The Balaban J connectivity index is 2.52. The van der Waals surface area contributed by atoms with E-state index in [0.29, 0.717) is 0 Å². The molecule has 0 spiro atoms. The average molecular weight is 394 g/mol. The third-order valence-corrected chi connectivity index (χ3v) is 6.45. The lowest BCUT2D eigenvalue weighted by Gasteiger charge is -2.30. The van der Waals surface area contributed by atoms with Crippen molar-refractivity contribution in [3.05, 3.63) is 0 Å². The quantitative estimate of drug-likeness (QED) is 0.591. The average Bonchev–Trinajstić information content (AvgIpc) is 2.59. The van der Waals surface area contributed by atoms with E-state index in [1.165, 1.54) is 95.4 Å². The zero-order valence-electron chi connectivity index (χ0n) is 16.2. The monoisotopic (exact) mass is 393 g/mol. The number of hydrogen-bond donors (Lipinski definition) is 0. The van der Waals surface area contributed by atoms with Crippen molar-refractivity contribution in [2.24, 2.45) is 0 Å². The molecule has 0 bridgehead atoms. The molecule has 0 aromatic carbocycles. The molecule has 0 unspecified atom stereocenters. The summed E-state index contributed by atoms with van der Waals surface area (Å²) < 4.78 is 0. The van der Waals surface area contributed by atoms with E-state index in [1.807, 2.05) is 35.3 Å². The predicted octanol–water partition coefficient (Wildman–Crippen LogP) is 3.17. The summed E-state index contributed by atoms with van der Waals surface area (Å²) in [6.45, 7) is 11.5. The van der Waals surface area contributed by atoms with Gasteiger partial charge >= 0.3 is 0 Å². The minimum Gasteiger partial charge on any atom is -0.302 e. The fourth-order valence-corrected chi connectivity index (χ4v) is 4.54. The second-order valence-electron chi connectivity index (χ2n) is 6.56. The van der Waals surface area contributed by atoms with Gasteiger partial charge in [-0.2, -0.15) is 35.3 Å². The van der Waals surface area contributed by atoms with Gasteiger partial charge in [0.25, 0.3) is 0 Å². The molecular weight excluding hydrogens is 354 g/mol. The summed E-state index contributed by atoms with van der Waals surface area (Å²) >= 11 is 5.94. The molecule has 1 aliphatic heterocycles. The highest BCUT2D eigenvalue weighted by Crippen LogP contribution is 2.07. The van der Waals surface area contributed by atoms with E-state index in [0.717, 1.165) is 0 Å². The molecule has 0 aromatic rings. The van der Waals surface area contributed by atoms with E-state index in [-0.39, 0.29) is 0 Å². The second-order valence-corrected chi connectivity index (χ2v) is 9.52. The highest BCUT2D eigenvalue weighted by Gasteiger charge is 2.12. The molecule has 0 aliphatic carbocycles. The van der Waals surface area contributed by atoms with Crippen LogP contribution in [0.1, 0.15) is 19.3 Å². The third-order valence-electron chi connectivity index (χ3n) is 4.68. The molecule has 0 saturated carbocycles. The van der Waals surface area contributed by atoms with E-state index >= 15 is 0 Å². The molecule has 1 saturated heterocycles. The minimum absolute atomic E-state index is 1.26. The van der Waals surface area contributed by atoms with E-state index in [1.54, 1.807) is 0 Å². The molecule has 1 heterocycles. The first-order valence-corrected chi connectivity index (χ1v) is 13.6. The number of nitrogens with zero attached hydrogens (tertiary/aromatic N) is 3. The van der Waals surface area contributed by atoms with E-state index in [2.05, 4.69) is 33.5 Å². The molecule has 0 amide bonds. The fourth-order valence-electron chi connectivity index (χ4n) is 3.22. The van der Waals surface area contributed by atoms with Crippen molar-refractivity contribution in [3.63, 3.8) is 0 Å². The zero-order chi connectivity index (χ0) is 17.5. The van der Waals surface area contributed by atoms with Gasteiger partial charge in [-0.15, -0.1) is 0 Å². The summed E-state index contributed by atoms with van der Waals surface area (Å²) in [5, 5.41) is 0. The Morgan fingerprint density at radius 3 is 0.958 bits per heavy atom. The zero-order valence-corrected chi connectivity index (χ0v) is 18.6. The van der Waals surface area contributed by atoms with Crippen molar-refractivity contribution in [2.75, 3.05) is 94.9 Å². The Hall–Kier alpha value is 0.930. The van der Waals surface area contributed by atoms with Crippen molar-refractivity contribution in [1.82, 2.24) is 14.7 Å². The van der Waals surface area contributed by atoms with Gasteiger partial charge in [-0.25, -0.2) is 0 Å². The first kappa shape index (κ1) is 23.0. The van der Waals surface area contributed by atoms with Crippen LogP contribution in [0, 0.1) is 0 Å². The van der Waals surface area contributed by atoms with Crippen LogP contribution in [0.3, 0.4) is 0 Å². The highest BCUT2D eigenvalue weighted by molar-refractivity contribution is 7.99. The van der Waals surface area contributed by atoms with E-state index in [4.69, 9.17) is 0 Å². The fraction of sp³-hybridized carbons (Fsp3) is 1.00. The summed E-state index contributed by atoms with van der Waals surface area (Å²) in [7, 11) is 0. The van der Waals surface area contributed by atoms with Gasteiger partial charge in [0, 0.05) is 36.9 Å². The summed E-state index contributed by atoms with van der Waals surface area (Å²) in [4.78, 5) is 8.12. The molecule has 0 aromatic heterocycles. The number of hydrogen-bond acceptors (Lipinski definition) is 6. The third kappa shape index (κ3) is 11.5. The Morgan fingerprint density at radius 2 is 0.750 bits per heavy atom. The SMILES string of the molecule is CSCCN1CCCN(CCSC)CCCN(CCSC)CCC1. The summed E-state index contributed by atoms with van der Waals surface area (Å²) in [5.41, 5.74) is 0. The molecule has 1 rings (SSSR count). The van der Waals surface area contributed by atoms with Crippen LogP contribution in [-0.4, -0.2) is 110 Å². The number of thioether (sulfide) groups is 3. The molecule has 1 fully saturated rings. The van der Waals surface area contributed by atoms with Gasteiger partial charge in [0.05, 0.1) is 0 Å². The van der Waals surface area contributed by atoms with Gasteiger partial charge in [0.1, 0.15) is 0 Å². The number of rotatable bonds is 9. The lowest BCUT2D eigenvalue weighted by Crippen LogP contribution is -2.38. The highest BCUT2D eigenvalue weighted by atomic mass is 32.2. The Morgan fingerprint density at radius 1 is 0.500 bits per heavy atom. The van der Waals surface area contributed by atoms with Gasteiger partial charge in [-0.05, 0) is 77.3 Å². The van der Waals surface area contributed by atoms with E-state index in [9.17, 15) is 0 Å². The predicted molar refractivity (Wildman–Crippen MR) is 118 cm³/mol. The molecule has 1 aliphatic rings. The Labute approximate surface area is 164 Å². The van der Waals surface area contributed by atoms with Crippen LogP contribution in [0.15, 0.2) is 0 Å². The van der Waals surface area contributed by atoms with Gasteiger partial charge < -0.3 is 14.7 Å². The molecule has 0 atom stereocenters. The standard InChI is InChI=1S/C18H39N3S3/c1-22-16-13-19-7-4-9-20(14-17-23-2)11-6-12-21(10-5-8-19)15-18-24-3/h4-18H2,1-3H3. The Bertz CT molecular complexity index is 227. The summed E-state index contributed by atoms with van der Waals surface area (Å²) in [6, 6.07) is 0. The Kier molecular flexibility index (Phi) is 15.4. The molecule has 144 valence electrons. The van der Waals surface area contributed by atoms with Crippen molar-refractivity contribution in [2.45, 2.75) is 19.3 Å². The van der Waals surface area contributed by atoms with Crippen molar-refractivity contribution in [1.29, 1.82) is 0 Å². The first-order chi connectivity index (χ1) is 11.8. The second kappa shape index (κ2) is 16.1. The van der Waals surface area contributed by atoms with Crippen LogP contribution in [0.25, 0.3) is 0 Å². The van der Waals surface area contributed by atoms with Gasteiger partial charge in [-0.3, -0.25) is 0 Å². The van der Waals surface area contributed by atoms with E-state index < -0.39 is 0 Å². The van der Waals surface area contributed by atoms with Crippen LogP contribution in [0.2, 0.25) is 0 Å². The van der Waals surface area contributed by atoms with Gasteiger partial charge in [0.2, 0.25) is 0 Å². The maximum absolute atomic E-state index is 2.71. The molecule has 0 N–H and O–H groups in total. The first-order valence-electron chi connectivity index (χ1n) is 9.44. The van der Waals surface area contributed by atoms with Gasteiger partial charge in [0.15, 0.2) is 0 Å². The van der Waals surface area contributed by atoms with Crippen LogP contribution >= 0.6 is 35.3 Å². The smallest absolute Gasteiger partial charge is 0.00723 e. The summed E-state index contributed by atoms with van der Waals surface area (Å²) in [5.74, 6) is 3.81. The molecule has 3 nitrogen and oxygen atoms in total. The van der Waals surface area contributed by atoms with Gasteiger partial charge in [-0.1, -0.05) is 0 Å². The topological polar surface area (TPSA) is 9.72 Å².